The Bertz CT molecular complexity index is 887. The first-order valence-corrected chi connectivity index (χ1v) is 9.23. The lowest BCUT2D eigenvalue weighted by Crippen LogP contribution is -2.34. The van der Waals surface area contributed by atoms with Gasteiger partial charge in [-0.25, -0.2) is 0 Å². The number of rotatable bonds is 3. The van der Waals surface area contributed by atoms with Crippen LogP contribution in [0.1, 0.15) is 48.7 Å². The summed E-state index contributed by atoms with van der Waals surface area (Å²) in [7, 11) is 0. The highest BCUT2D eigenvalue weighted by molar-refractivity contribution is 7.80. The molecule has 2 aromatic rings. The number of amides is 2. The highest BCUT2D eigenvalue weighted by Crippen LogP contribution is 2.38. The van der Waals surface area contributed by atoms with Gasteiger partial charge in [0.1, 0.15) is 5.00 Å². The van der Waals surface area contributed by atoms with E-state index in [0.29, 0.717) is 16.1 Å². The number of primary amides is 1. The minimum Gasteiger partial charge on any atom is -0.365 e. The van der Waals surface area contributed by atoms with Crippen LogP contribution in [0.3, 0.4) is 0 Å². The zero-order valence-corrected chi connectivity index (χ0v) is 15.7. The third-order valence-electron chi connectivity index (χ3n) is 4.39. The van der Waals surface area contributed by atoms with E-state index in [1.165, 1.54) is 16.2 Å². The highest BCUT2D eigenvalue weighted by atomic mass is 32.1. The fourth-order valence-corrected chi connectivity index (χ4v) is 4.50. The Balaban J connectivity index is 1.74. The predicted molar refractivity (Wildman–Crippen MR) is 104 cm³/mol. The van der Waals surface area contributed by atoms with Crippen molar-refractivity contribution in [1.29, 1.82) is 0 Å². The number of thiophene rings is 1. The number of hydrogen-bond acceptors (Lipinski definition) is 4. The van der Waals surface area contributed by atoms with Crippen LogP contribution in [0.2, 0.25) is 0 Å². The molecular weight excluding hydrogens is 354 g/mol. The summed E-state index contributed by atoms with van der Waals surface area (Å²) in [6.07, 6.45) is 2.84. The van der Waals surface area contributed by atoms with Gasteiger partial charge in [0, 0.05) is 10.4 Å². The van der Waals surface area contributed by atoms with Crippen molar-refractivity contribution in [2.75, 3.05) is 5.32 Å². The molecule has 1 aromatic heterocycles. The van der Waals surface area contributed by atoms with Gasteiger partial charge < -0.3 is 11.1 Å². The molecule has 5 nitrogen and oxygen atoms in total. The Morgan fingerprint density at radius 3 is 2.64 bits per heavy atom. The lowest BCUT2D eigenvalue weighted by Gasteiger charge is -2.10. The van der Waals surface area contributed by atoms with Crippen LogP contribution in [0.15, 0.2) is 18.2 Å². The molecule has 0 bridgehead atoms. The molecule has 0 aliphatic heterocycles. The van der Waals surface area contributed by atoms with Crippen LogP contribution in [-0.4, -0.2) is 16.9 Å². The van der Waals surface area contributed by atoms with Gasteiger partial charge >= 0.3 is 0 Å². The summed E-state index contributed by atoms with van der Waals surface area (Å²) in [5, 5.41) is 6.39. The van der Waals surface area contributed by atoms with Crippen LogP contribution in [-0.2, 0) is 12.8 Å². The number of nitrogens with one attached hydrogen (secondary N) is 2. The van der Waals surface area contributed by atoms with Crippen molar-refractivity contribution in [3.05, 3.63) is 50.9 Å². The summed E-state index contributed by atoms with van der Waals surface area (Å²) in [5.74, 6) is -0.754. The zero-order valence-electron chi connectivity index (χ0n) is 14.1. The zero-order chi connectivity index (χ0) is 18.1. The summed E-state index contributed by atoms with van der Waals surface area (Å²) in [6, 6.07) is 5.48. The number of carbonyl (C=O) groups is 2. The molecule has 0 fully saturated rings. The van der Waals surface area contributed by atoms with E-state index in [2.05, 4.69) is 10.6 Å². The first kappa shape index (κ1) is 17.6. The molecule has 4 N–H and O–H groups in total. The largest absolute Gasteiger partial charge is 0.365 e. The van der Waals surface area contributed by atoms with Crippen molar-refractivity contribution in [3.8, 4) is 0 Å². The average molecular weight is 374 g/mol. The number of nitrogens with two attached hydrogens (primary N) is 1. The number of thiocarbonyl (C=S) groups is 1. The van der Waals surface area contributed by atoms with E-state index in [9.17, 15) is 9.59 Å². The summed E-state index contributed by atoms with van der Waals surface area (Å²) in [6.45, 7) is 3.94. The fourth-order valence-electron chi connectivity index (χ4n) is 2.95. The molecule has 2 amide bonds. The quantitative estimate of drug-likeness (QED) is 0.722. The van der Waals surface area contributed by atoms with Gasteiger partial charge in [0.2, 0.25) is 0 Å². The molecule has 130 valence electrons. The van der Waals surface area contributed by atoms with Crippen molar-refractivity contribution in [2.45, 2.75) is 33.1 Å². The maximum absolute atomic E-state index is 12.3. The summed E-state index contributed by atoms with van der Waals surface area (Å²) < 4.78 is 0. The number of fused-ring (bicyclic) bond motifs is 1. The van der Waals surface area contributed by atoms with Gasteiger partial charge in [0.05, 0.1) is 5.56 Å². The van der Waals surface area contributed by atoms with E-state index < -0.39 is 5.91 Å². The minimum atomic E-state index is -0.467. The predicted octanol–water partition coefficient (Wildman–Crippen LogP) is 3.08. The van der Waals surface area contributed by atoms with Crippen LogP contribution in [0.5, 0.6) is 0 Å². The van der Waals surface area contributed by atoms with Crippen LogP contribution in [0.4, 0.5) is 5.00 Å². The Morgan fingerprint density at radius 2 is 1.96 bits per heavy atom. The molecule has 0 saturated heterocycles. The van der Waals surface area contributed by atoms with E-state index in [0.717, 1.165) is 36.0 Å². The lowest BCUT2D eigenvalue weighted by molar-refractivity contribution is 0.0975. The molecule has 1 aliphatic rings. The second kappa shape index (κ2) is 6.93. The summed E-state index contributed by atoms with van der Waals surface area (Å²) in [5.41, 5.74) is 9.74. The van der Waals surface area contributed by atoms with E-state index >= 15 is 0 Å². The van der Waals surface area contributed by atoms with Crippen LogP contribution < -0.4 is 16.4 Å². The Hall–Kier alpha value is -2.25. The Morgan fingerprint density at radius 1 is 1.20 bits per heavy atom. The number of aryl methyl sites for hydroxylation is 3. The van der Waals surface area contributed by atoms with Gasteiger partial charge in [-0.15, -0.1) is 11.3 Å². The van der Waals surface area contributed by atoms with E-state index in [1.807, 2.05) is 26.0 Å². The molecular formula is C18H19N3O2S2. The number of benzene rings is 1. The van der Waals surface area contributed by atoms with Crippen molar-refractivity contribution in [3.63, 3.8) is 0 Å². The molecule has 0 radical (unpaired) electrons. The number of carbonyl (C=O) groups excluding carboxylic acids is 2. The maximum atomic E-state index is 12.3. The lowest BCUT2D eigenvalue weighted by atomic mass is 10.1. The molecule has 0 atom stereocenters. The third kappa shape index (κ3) is 3.57. The van der Waals surface area contributed by atoms with E-state index in [1.54, 1.807) is 6.07 Å². The Kier molecular flexibility index (Phi) is 4.87. The minimum absolute atomic E-state index is 0.158. The second-order valence-electron chi connectivity index (χ2n) is 6.13. The molecule has 0 spiro atoms. The third-order valence-corrected chi connectivity index (χ3v) is 5.80. The molecule has 1 aliphatic carbocycles. The van der Waals surface area contributed by atoms with Crippen LogP contribution >= 0.6 is 23.6 Å². The molecule has 7 heteroatoms. The van der Waals surface area contributed by atoms with Crippen molar-refractivity contribution in [1.82, 2.24) is 5.32 Å². The summed E-state index contributed by atoms with van der Waals surface area (Å²) in [4.78, 5) is 25.3. The standard InChI is InChI=1S/C18H19N3O2S2/c1-9-6-7-11(8-10(9)2)16(23)20-18(24)21-17-14(15(19)22)12-4-3-5-13(12)25-17/h6-8H,3-5H2,1-2H3,(H2,19,22)(H2,20,21,23,24). The van der Waals surface area contributed by atoms with E-state index in [-0.39, 0.29) is 11.0 Å². The molecule has 3 rings (SSSR count). The van der Waals surface area contributed by atoms with Gasteiger partial charge in [-0.05, 0) is 74.2 Å². The molecule has 0 unspecified atom stereocenters. The molecule has 0 saturated carbocycles. The van der Waals surface area contributed by atoms with Gasteiger partial charge in [0.25, 0.3) is 11.8 Å². The van der Waals surface area contributed by atoms with Gasteiger partial charge in [-0.3, -0.25) is 14.9 Å². The fraction of sp³-hybridized carbons (Fsp3) is 0.278. The molecule has 1 aromatic carbocycles. The average Bonchev–Trinajstić information content (AvgIpc) is 3.09. The van der Waals surface area contributed by atoms with E-state index in [4.69, 9.17) is 18.0 Å². The van der Waals surface area contributed by atoms with Gasteiger partial charge in [0.15, 0.2) is 5.11 Å². The topological polar surface area (TPSA) is 84.2 Å². The van der Waals surface area contributed by atoms with Crippen LogP contribution in [0, 0.1) is 13.8 Å². The summed E-state index contributed by atoms with van der Waals surface area (Å²) >= 11 is 6.72. The SMILES string of the molecule is Cc1ccc(C(=O)NC(=S)Nc2sc3c(c2C(N)=O)CCC3)cc1C. The number of anilines is 1. The maximum Gasteiger partial charge on any atom is 0.257 e. The number of hydrogen-bond donors (Lipinski definition) is 3. The van der Waals surface area contributed by atoms with Gasteiger partial charge in [-0.2, -0.15) is 0 Å². The first-order valence-electron chi connectivity index (χ1n) is 8.00. The highest BCUT2D eigenvalue weighted by Gasteiger charge is 2.25. The van der Waals surface area contributed by atoms with Crippen molar-refractivity contribution < 1.29 is 9.59 Å². The van der Waals surface area contributed by atoms with Crippen LogP contribution in [0.25, 0.3) is 0 Å². The smallest absolute Gasteiger partial charge is 0.257 e. The van der Waals surface area contributed by atoms with Gasteiger partial charge in [-0.1, -0.05) is 6.07 Å². The Labute approximate surface area is 155 Å². The van der Waals surface area contributed by atoms with Crippen molar-refractivity contribution in [2.24, 2.45) is 5.73 Å². The van der Waals surface area contributed by atoms with Crippen molar-refractivity contribution >= 4 is 45.5 Å². The monoisotopic (exact) mass is 373 g/mol. The normalized spacial score (nSPS) is 12.6. The second-order valence-corrected chi connectivity index (χ2v) is 7.65. The first-order chi connectivity index (χ1) is 11.9. The molecule has 1 heterocycles. The molecule has 25 heavy (non-hydrogen) atoms.